The van der Waals surface area contributed by atoms with Gasteiger partial charge in [-0.15, -0.1) is 11.3 Å². The zero-order valence-electron chi connectivity index (χ0n) is 16.5. The van der Waals surface area contributed by atoms with Gasteiger partial charge in [-0.2, -0.15) is 5.26 Å². The molecule has 1 saturated heterocycles. The Labute approximate surface area is 180 Å². The molecule has 3 aromatic rings. The number of nitrogens with zero attached hydrogens (tertiary/aromatic N) is 3. The van der Waals surface area contributed by atoms with E-state index in [-0.39, 0.29) is 11.9 Å². The summed E-state index contributed by atoms with van der Waals surface area (Å²) in [6.45, 7) is 1.45. The van der Waals surface area contributed by atoms with Gasteiger partial charge in [0.25, 0.3) is 0 Å². The number of hydrogen-bond donors (Lipinski definition) is 2. The average Bonchev–Trinajstić information content (AvgIpc) is 3.46. The molecular formula is C23H23N5OS. The third-order valence-electron chi connectivity index (χ3n) is 5.34. The molecule has 0 spiro atoms. The van der Waals surface area contributed by atoms with E-state index >= 15 is 0 Å². The van der Waals surface area contributed by atoms with Gasteiger partial charge in [-0.3, -0.25) is 9.78 Å². The van der Waals surface area contributed by atoms with Crippen molar-refractivity contribution in [2.24, 2.45) is 5.73 Å². The standard InChI is InChI=1S/C23H23N5OS/c24-14-18-12-17(16-5-8-26-9-6-16)3-4-22(18)28-10-7-19(15-28)27-23(29)21(25)13-20-2-1-11-30-20/h1-6,8-9,11-12,19,21H,7,10,13,15,25H2,(H,27,29)/t19-,21-/m0/s1. The second-order valence-electron chi connectivity index (χ2n) is 7.41. The third kappa shape index (κ3) is 4.51. The molecule has 1 fully saturated rings. The van der Waals surface area contributed by atoms with Crippen molar-refractivity contribution in [1.29, 1.82) is 5.26 Å². The van der Waals surface area contributed by atoms with E-state index in [2.05, 4.69) is 21.3 Å². The number of rotatable bonds is 6. The molecule has 0 aliphatic carbocycles. The molecule has 3 heterocycles. The number of anilines is 1. The third-order valence-corrected chi connectivity index (χ3v) is 6.24. The lowest BCUT2D eigenvalue weighted by atomic mass is 10.0. The largest absolute Gasteiger partial charge is 0.368 e. The van der Waals surface area contributed by atoms with Gasteiger partial charge in [0.1, 0.15) is 6.07 Å². The Morgan fingerprint density at radius 3 is 2.87 bits per heavy atom. The minimum atomic E-state index is -0.549. The number of benzene rings is 1. The summed E-state index contributed by atoms with van der Waals surface area (Å²) in [6, 6.07) is 15.5. The smallest absolute Gasteiger partial charge is 0.237 e. The topological polar surface area (TPSA) is 95.0 Å². The lowest BCUT2D eigenvalue weighted by molar-refractivity contribution is -0.122. The van der Waals surface area contributed by atoms with Crippen LogP contribution >= 0.6 is 11.3 Å². The molecule has 3 N–H and O–H groups in total. The molecule has 6 nitrogen and oxygen atoms in total. The van der Waals surface area contributed by atoms with Gasteiger partial charge in [-0.1, -0.05) is 12.1 Å². The van der Waals surface area contributed by atoms with Gasteiger partial charge in [0.05, 0.1) is 17.3 Å². The molecule has 2 aromatic heterocycles. The Balaban J connectivity index is 1.40. The summed E-state index contributed by atoms with van der Waals surface area (Å²) in [5.41, 5.74) is 9.63. The van der Waals surface area contributed by atoms with Crippen molar-refractivity contribution in [3.8, 4) is 17.2 Å². The van der Waals surface area contributed by atoms with Gasteiger partial charge in [0, 0.05) is 42.8 Å². The quantitative estimate of drug-likeness (QED) is 0.643. The summed E-state index contributed by atoms with van der Waals surface area (Å²) >= 11 is 1.61. The molecule has 152 valence electrons. The van der Waals surface area contributed by atoms with Crippen LogP contribution in [0.3, 0.4) is 0 Å². The van der Waals surface area contributed by atoms with Crippen LogP contribution < -0.4 is 16.0 Å². The lowest BCUT2D eigenvalue weighted by Crippen LogP contribution is -2.47. The van der Waals surface area contributed by atoms with Gasteiger partial charge in [0.2, 0.25) is 5.91 Å². The van der Waals surface area contributed by atoms with Crippen LogP contribution in [0, 0.1) is 11.3 Å². The molecule has 0 radical (unpaired) electrons. The van der Waals surface area contributed by atoms with Crippen LogP contribution in [0.4, 0.5) is 5.69 Å². The fourth-order valence-electron chi connectivity index (χ4n) is 3.77. The Morgan fingerprint density at radius 2 is 2.13 bits per heavy atom. The van der Waals surface area contributed by atoms with Gasteiger partial charge >= 0.3 is 0 Å². The highest BCUT2D eigenvalue weighted by molar-refractivity contribution is 7.09. The Kier molecular flexibility index (Phi) is 6.07. The van der Waals surface area contributed by atoms with Crippen molar-refractivity contribution in [2.75, 3.05) is 18.0 Å². The second-order valence-corrected chi connectivity index (χ2v) is 8.44. The molecule has 7 heteroatoms. The van der Waals surface area contributed by atoms with Gasteiger partial charge in [0.15, 0.2) is 0 Å². The first kappa shape index (κ1) is 20.1. The molecule has 0 bridgehead atoms. The van der Waals surface area contributed by atoms with Crippen molar-refractivity contribution in [3.63, 3.8) is 0 Å². The number of carbonyl (C=O) groups is 1. The predicted octanol–water partition coefficient (Wildman–Crippen LogP) is 2.95. The number of hydrogen-bond acceptors (Lipinski definition) is 6. The molecule has 1 aliphatic rings. The van der Waals surface area contributed by atoms with Crippen LogP contribution in [-0.4, -0.2) is 36.1 Å². The second kappa shape index (κ2) is 9.08. The fraction of sp³-hybridized carbons (Fsp3) is 0.261. The SMILES string of the molecule is N#Cc1cc(-c2ccncc2)ccc1N1CC[C@H](NC(=O)[C@@H](N)Cc2cccs2)C1. The number of aromatic nitrogens is 1. The highest BCUT2D eigenvalue weighted by Gasteiger charge is 2.27. The van der Waals surface area contributed by atoms with Gasteiger partial charge in [-0.05, 0) is 53.3 Å². The Bertz CT molecular complexity index is 1050. The molecule has 1 aromatic carbocycles. The molecule has 2 atom stereocenters. The zero-order valence-corrected chi connectivity index (χ0v) is 17.3. The first-order chi connectivity index (χ1) is 14.6. The molecular weight excluding hydrogens is 394 g/mol. The number of pyridine rings is 1. The van der Waals surface area contributed by atoms with Crippen LogP contribution in [0.1, 0.15) is 16.9 Å². The number of nitriles is 1. The zero-order chi connectivity index (χ0) is 20.9. The summed E-state index contributed by atoms with van der Waals surface area (Å²) < 4.78 is 0. The van der Waals surface area contributed by atoms with Gasteiger partial charge in [-0.25, -0.2) is 0 Å². The summed E-state index contributed by atoms with van der Waals surface area (Å²) in [6.07, 6.45) is 4.86. The van der Waals surface area contributed by atoms with Crippen LogP contribution in [0.15, 0.2) is 60.2 Å². The molecule has 1 aliphatic heterocycles. The normalized spacial score (nSPS) is 16.8. The van der Waals surface area contributed by atoms with Crippen LogP contribution in [-0.2, 0) is 11.2 Å². The van der Waals surface area contributed by atoms with E-state index in [1.807, 2.05) is 47.8 Å². The molecule has 1 amide bonds. The highest BCUT2D eigenvalue weighted by atomic mass is 32.1. The summed E-state index contributed by atoms with van der Waals surface area (Å²) in [5, 5.41) is 14.7. The van der Waals surface area contributed by atoms with Crippen LogP contribution in [0.25, 0.3) is 11.1 Å². The van der Waals surface area contributed by atoms with E-state index in [0.29, 0.717) is 18.5 Å². The molecule has 4 rings (SSSR count). The van der Waals surface area contributed by atoms with E-state index in [9.17, 15) is 10.1 Å². The van der Waals surface area contributed by atoms with Crippen LogP contribution in [0.5, 0.6) is 0 Å². The number of nitrogens with two attached hydrogens (primary N) is 1. The van der Waals surface area contributed by atoms with E-state index in [4.69, 9.17) is 5.73 Å². The van der Waals surface area contributed by atoms with E-state index < -0.39 is 6.04 Å². The van der Waals surface area contributed by atoms with E-state index in [1.165, 1.54) is 0 Å². The van der Waals surface area contributed by atoms with Crippen molar-refractivity contribution in [3.05, 3.63) is 70.7 Å². The van der Waals surface area contributed by atoms with Crippen molar-refractivity contribution < 1.29 is 4.79 Å². The van der Waals surface area contributed by atoms with Gasteiger partial charge < -0.3 is 16.0 Å². The maximum atomic E-state index is 12.5. The average molecular weight is 418 g/mol. The fourth-order valence-corrected chi connectivity index (χ4v) is 4.53. The maximum absolute atomic E-state index is 12.5. The number of amides is 1. The molecule has 0 unspecified atom stereocenters. The summed E-state index contributed by atoms with van der Waals surface area (Å²) in [7, 11) is 0. The highest BCUT2D eigenvalue weighted by Crippen LogP contribution is 2.29. The summed E-state index contributed by atoms with van der Waals surface area (Å²) in [5.74, 6) is -0.121. The van der Waals surface area contributed by atoms with E-state index in [0.717, 1.165) is 34.7 Å². The van der Waals surface area contributed by atoms with E-state index in [1.54, 1.807) is 23.7 Å². The number of nitrogens with one attached hydrogen (secondary N) is 1. The number of thiophene rings is 1. The molecule has 30 heavy (non-hydrogen) atoms. The minimum Gasteiger partial charge on any atom is -0.368 e. The maximum Gasteiger partial charge on any atom is 0.237 e. The van der Waals surface area contributed by atoms with Crippen molar-refractivity contribution in [1.82, 2.24) is 10.3 Å². The van der Waals surface area contributed by atoms with Crippen LogP contribution in [0.2, 0.25) is 0 Å². The predicted molar refractivity (Wildman–Crippen MR) is 119 cm³/mol. The Hall–Kier alpha value is -3.21. The first-order valence-electron chi connectivity index (χ1n) is 9.92. The first-order valence-corrected chi connectivity index (χ1v) is 10.8. The molecule has 0 saturated carbocycles. The Morgan fingerprint density at radius 1 is 1.30 bits per heavy atom. The lowest BCUT2D eigenvalue weighted by Gasteiger charge is -2.21. The monoisotopic (exact) mass is 417 g/mol. The van der Waals surface area contributed by atoms with Crippen molar-refractivity contribution >= 4 is 22.9 Å². The van der Waals surface area contributed by atoms with Crippen molar-refractivity contribution in [2.45, 2.75) is 24.9 Å². The number of carbonyl (C=O) groups excluding carboxylic acids is 1. The summed E-state index contributed by atoms with van der Waals surface area (Å²) in [4.78, 5) is 19.8. The minimum absolute atomic E-state index is 0.0262.